The van der Waals surface area contributed by atoms with Crippen LogP contribution in [0.5, 0.6) is 0 Å². The van der Waals surface area contributed by atoms with Gasteiger partial charge in [0.15, 0.2) is 0 Å². The highest BCUT2D eigenvalue weighted by atomic mass is 32.2. The smallest absolute Gasteiger partial charge is 0.0679 e. The highest BCUT2D eigenvalue weighted by Crippen LogP contribution is 2.54. The molecule has 1 saturated carbocycles. The average molecular weight is 199 g/mol. The van der Waals surface area contributed by atoms with Crippen LogP contribution in [0.25, 0.3) is 0 Å². The molecule has 1 N–H and O–H groups in total. The van der Waals surface area contributed by atoms with E-state index in [9.17, 15) is 0 Å². The minimum atomic E-state index is 0.420. The lowest BCUT2D eigenvalue weighted by atomic mass is 9.91. The maximum absolute atomic E-state index is 3.80. The molecule has 0 radical (unpaired) electrons. The molecule has 0 aromatic rings. The molecular formula is C11H21NS. The van der Waals surface area contributed by atoms with Crippen LogP contribution in [0.3, 0.4) is 0 Å². The van der Waals surface area contributed by atoms with Crippen LogP contribution in [0.4, 0.5) is 0 Å². The second-order valence-electron chi connectivity index (χ2n) is 5.69. The van der Waals surface area contributed by atoms with Gasteiger partial charge in [0.05, 0.1) is 4.87 Å². The minimum absolute atomic E-state index is 0.420. The minimum Gasteiger partial charge on any atom is -0.299 e. The normalized spacial score (nSPS) is 48.9. The fraction of sp³-hybridized carbons (Fsp3) is 1.00. The zero-order chi connectivity index (χ0) is 9.69. The van der Waals surface area contributed by atoms with E-state index in [1.54, 1.807) is 0 Å². The van der Waals surface area contributed by atoms with Crippen molar-refractivity contribution in [1.29, 1.82) is 0 Å². The summed E-state index contributed by atoms with van der Waals surface area (Å²) in [6.07, 6.45) is 2.72. The molecule has 1 aliphatic carbocycles. The summed E-state index contributed by atoms with van der Waals surface area (Å²) in [5, 5.41) is 3.80. The summed E-state index contributed by atoms with van der Waals surface area (Å²) in [4.78, 5) is 0.420. The van der Waals surface area contributed by atoms with Crippen molar-refractivity contribution >= 4 is 11.8 Å². The number of hydrogen-bond donors (Lipinski definition) is 1. The highest BCUT2D eigenvalue weighted by Gasteiger charge is 2.51. The van der Waals surface area contributed by atoms with Crippen LogP contribution >= 0.6 is 11.8 Å². The van der Waals surface area contributed by atoms with E-state index in [1.165, 1.54) is 18.6 Å². The molecule has 0 aromatic carbocycles. The second kappa shape index (κ2) is 2.90. The summed E-state index contributed by atoms with van der Waals surface area (Å²) >= 11 is 2.16. The Morgan fingerprint density at radius 3 is 2.38 bits per heavy atom. The third-order valence-corrected chi connectivity index (χ3v) is 5.32. The van der Waals surface area contributed by atoms with E-state index < -0.39 is 0 Å². The SMILES string of the molecule is CC1CSC2(CC(C)(C)CC2C)N1. The Morgan fingerprint density at radius 1 is 1.31 bits per heavy atom. The van der Waals surface area contributed by atoms with Crippen molar-refractivity contribution in [3.8, 4) is 0 Å². The Bertz CT molecular complexity index is 214. The first-order valence-corrected chi connectivity index (χ1v) is 6.34. The van der Waals surface area contributed by atoms with Gasteiger partial charge in [0.2, 0.25) is 0 Å². The van der Waals surface area contributed by atoms with E-state index in [2.05, 4.69) is 44.8 Å². The molecule has 3 atom stereocenters. The molecule has 1 heterocycles. The molecule has 0 bridgehead atoms. The van der Waals surface area contributed by atoms with Crippen LogP contribution in [-0.4, -0.2) is 16.7 Å². The first-order valence-electron chi connectivity index (χ1n) is 5.35. The topological polar surface area (TPSA) is 12.0 Å². The van der Waals surface area contributed by atoms with Crippen molar-refractivity contribution in [2.45, 2.75) is 51.4 Å². The Kier molecular flexibility index (Phi) is 2.20. The third kappa shape index (κ3) is 1.63. The first kappa shape index (κ1) is 9.85. The summed E-state index contributed by atoms with van der Waals surface area (Å²) in [6.45, 7) is 9.53. The Labute approximate surface area is 86.0 Å². The number of rotatable bonds is 0. The summed E-state index contributed by atoms with van der Waals surface area (Å²) in [6, 6.07) is 0.710. The molecular weight excluding hydrogens is 178 g/mol. The van der Waals surface area contributed by atoms with Gasteiger partial charge in [0, 0.05) is 11.8 Å². The molecule has 2 aliphatic rings. The molecule has 2 heteroatoms. The largest absolute Gasteiger partial charge is 0.299 e. The van der Waals surface area contributed by atoms with Crippen LogP contribution in [0.2, 0.25) is 0 Å². The molecule has 76 valence electrons. The molecule has 2 fully saturated rings. The molecule has 1 nitrogen and oxygen atoms in total. The average Bonchev–Trinajstić information content (AvgIpc) is 2.39. The molecule has 1 saturated heterocycles. The standard InChI is InChI=1S/C11H21NS/c1-8-5-10(3,4)7-11(8)12-9(2)6-13-11/h8-9,12H,5-7H2,1-4H3. The van der Waals surface area contributed by atoms with Gasteiger partial charge in [0.1, 0.15) is 0 Å². The van der Waals surface area contributed by atoms with Gasteiger partial charge in [-0.15, -0.1) is 11.8 Å². The van der Waals surface area contributed by atoms with Gasteiger partial charge in [-0.1, -0.05) is 20.8 Å². The van der Waals surface area contributed by atoms with Crippen LogP contribution in [-0.2, 0) is 0 Å². The lowest BCUT2D eigenvalue weighted by Gasteiger charge is -2.29. The quantitative estimate of drug-likeness (QED) is 0.644. The Balaban J connectivity index is 2.16. The monoisotopic (exact) mass is 199 g/mol. The van der Waals surface area contributed by atoms with E-state index in [1.807, 2.05) is 0 Å². The fourth-order valence-electron chi connectivity index (χ4n) is 3.11. The number of nitrogens with one attached hydrogen (secondary N) is 1. The molecule has 3 unspecified atom stereocenters. The van der Waals surface area contributed by atoms with Crippen molar-refractivity contribution < 1.29 is 0 Å². The second-order valence-corrected chi connectivity index (χ2v) is 7.04. The van der Waals surface area contributed by atoms with Crippen LogP contribution < -0.4 is 5.32 Å². The van der Waals surface area contributed by atoms with Crippen LogP contribution in [0.15, 0.2) is 0 Å². The van der Waals surface area contributed by atoms with Crippen LogP contribution in [0.1, 0.15) is 40.5 Å². The van der Waals surface area contributed by atoms with Crippen molar-refractivity contribution in [3.05, 3.63) is 0 Å². The predicted molar refractivity (Wildman–Crippen MR) is 60.0 cm³/mol. The molecule has 0 aromatic heterocycles. The van der Waals surface area contributed by atoms with E-state index in [0.717, 1.165) is 5.92 Å². The third-order valence-electron chi connectivity index (χ3n) is 3.48. The van der Waals surface area contributed by atoms with Gasteiger partial charge in [0.25, 0.3) is 0 Å². The van der Waals surface area contributed by atoms with Gasteiger partial charge < -0.3 is 0 Å². The molecule has 1 spiro atoms. The van der Waals surface area contributed by atoms with E-state index in [4.69, 9.17) is 0 Å². The van der Waals surface area contributed by atoms with Crippen LogP contribution in [0, 0.1) is 11.3 Å². The molecule has 1 aliphatic heterocycles. The number of thioether (sulfide) groups is 1. The lowest BCUT2D eigenvalue weighted by Crippen LogP contribution is -2.43. The van der Waals surface area contributed by atoms with Gasteiger partial charge >= 0.3 is 0 Å². The summed E-state index contributed by atoms with van der Waals surface area (Å²) in [5.41, 5.74) is 0.545. The van der Waals surface area contributed by atoms with E-state index >= 15 is 0 Å². The molecule has 0 amide bonds. The summed E-state index contributed by atoms with van der Waals surface area (Å²) < 4.78 is 0. The maximum atomic E-state index is 3.80. The Morgan fingerprint density at radius 2 is 2.00 bits per heavy atom. The summed E-state index contributed by atoms with van der Waals surface area (Å²) in [5.74, 6) is 2.12. The van der Waals surface area contributed by atoms with Gasteiger partial charge in [-0.2, -0.15) is 0 Å². The fourth-order valence-corrected chi connectivity index (χ4v) is 4.89. The van der Waals surface area contributed by atoms with Gasteiger partial charge in [-0.3, -0.25) is 5.32 Å². The first-order chi connectivity index (χ1) is 5.94. The molecule has 13 heavy (non-hydrogen) atoms. The van der Waals surface area contributed by atoms with E-state index in [0.29, 0.717) is 16.3 Å². The van der Waals surface area contributed by atoms with Crippen molar-refractivity contribution in [2.24, 2.45) is 11.3 Å². The van der Waals surface area contributed by atoms with Crippen molar-refractivity contribution in [1.82, 2.24) is 5.32 Å². The maximum Gasteiger partial charge on any atom is 0.0679 e. The predicted octanol–water partition coefficient (Wildman–Crippen LogP) is 2.86. The lowest BCUT2D eigenvalue weighted by molar-refractivity contribution is 0.351. The van der Waals surface area contributed by atoms with Gasteiger partial charge in [-0.25, -0.2) is 0 Å². The number of hydrogen-bond acceptors (Lipinski definition) is 2. The van der Waals surface area contributed by atoms with Crippen molar-refractivity contribution in [2.75, 3.05) is 5.75 Å². The van der Waals surface area contributed by atoms with E-state index in [-0.39, 0.29) is 0 Å². The van der Waals surface area contributed by atoms with Crippen molar-refractivity contribution in [3.63, 3.8) is 0 Å². The highest BCUT2D eigenvalue weighted by molar-refractivity contribution is 8.00. The zero-order valence-electron chi connectivity index (χ0n) is 9.18. The van der Waals surface area contributed by atoms with Gasteiger partial charge in [-0.05, 0) is 31.1 Å². The summed E-state index contributed by atoms with van der Waals surface area (Å²) in [7, 11) is 0. The zero-order valence-corrected chi connectivity index (χ0v) is 10.0. The molecule has 2 rings (SSSR count). The Hall–Kier alpha value is 0.310.